The molecule has 2 aromatic heterocycles. The van der Waals surface area contributed by atoms with Crippen LogP contribution >= 0.6 is 0 Å². The van der Waals surface area contributed by atoms with Crippen LogP contribution in [0.5, 0.6) is 11.6 Å². The monoisotopic (exact) mass is 251 g/mol. The molecule has 0 amide bonds. The molecule has 0 saturated carbocycles. The summed E-state index contributed by atoms with van der Waals surface area (Å²) in [6, 6.07) is 13.6. The number of hydrogen-bond acceptors (Lipinski definition) is 4. The highest BCUT2D eigenvalue weighted by Crippen LogP contribution is 2.26. The number of nitrogens with two attached hydrogens (primary N) is 1. The predicted octanol–water partition coefficient (Wildman–Crippen LogP) is 2.88. The third-order valence-electron chi connectivity index (χ3n) is 2.83. The second-order valence-electron chi connectivity index (χ2n) is 4.14. The number of hydrogen-bond donors (Lipinski definition) is 1. The van der Waals surface area contributed by atoms with Crippen molar-refractivity contribution < 1.29 is 4.74 Å². The van der Waals surface area contributed by atoms with Crippen molar-refractivity contribution >= 4 is 10.9 Å². The van der Waals surface area contributed by atoms with Crippen LogP contribution < -0.4 is 10.5 Å². The van der Waals surface area contributed by atoms with Crippen LogP contribution in [-0.4, -0.2) is 9.97 Å². The lowest BCUT2D eigenvalue weighted by molar-refractivity contribution is 0.456. The van der Waals surface area contributed by atoms with E-state index in [2.05, 4.69) is 9.97 Å². The van der Waals surface area contributed by atoms with Gasteiger partial charge >= 0.3 is 0 Å². The molecule has 4 nitrogen and oxygen atoms in total. The number of rotatable bonds is 3. The highest BCUT2D eigenvalue weighted by molar-refractivity contribution is 5.80. The van der Waals surface area contributed by atoms with E-state index >= 15 is 0 Å². The predicted molar refractivity (Wildman–Crippen MR) is 73.9 cm³/mol. The van der Waals surface area contributed by atoms with Crippen LogP contribution in [0.15, 0.2) is 54.9 Å². The van der Waals surface area contributed by atoms with E-state index in [0.717, 1.165) is 16.5 Å². The summed E-state index contributed by atoms with van der Waals surface area (Å²) in [5.74, 6) is 1.19. The van der Waals surface area contributed by atoms with Gasteiger partial charge in [-0.05, 0) is 24.3 Å². The van der Waals surface area contributed by atoms with E-state index in [1.54, 1.807) is 12.4 Å². The lowest BCUT2D eigenvalue weighted by atomic mass is 10.1. The summed E-state index contributed by atoms with van der Waals surface area (Å²) in [5.41, 5.74) is 7.52. The Balaban J connectivity index is 2.06. The standard InChI is InChI=1S/C15H13N3O/c16-9-12-8-11-4-1-2-6-14(11)18-15(12)19-13-5-3-7-17-10-13/h1-8,10H,9,16H2. The first kappa shape index (κ1) is 11.6. The van der Waals surface area contributed by atoms with Gasteiger partial charge in [0, 0.05) is 23.7 Å². The van der Waals surface area contributed by atoms with E-state index in [-0.39, 0.29) is 0 Å². The lowest BCUT2D eigenvalue weighted by Gasteiger charge is -2.10. The maximum absolute atomic E-state index is 5.76. The topological polar surface area (TPSA) is 61.0 Å². The van der Waals surface area contributed by atoms with Gasteiger partial charge in [0.2, 0.25) is 5.88 Å². The molecule has 0 atom stereocenters. The van der Waals surface area contributed by atoms with E-state index in [0.29, 0.717) is 18.2 Å². The molecule has 0 radical (unpaired) electrons. The molecule has 3 rings (SSSR count). The molecule has 0 unspecified atom stereocenters. The maximum atomic E-state index is 5.76. The van der Waals surface area contributed by atoms with Crippen LogP contribution in [0.2, 0.25) is 0 Å². The molecule has 0 aliphatic rings. The molecule has 94 valence electrons. The van der Waals surface area contributed by atoms with Gasteiger partial charge in [0.1, 0.15) is 5.75 Å². The van der Waals surface area contributed by atoms with E-state index < -0.39 is 0 Å². The molecule has 2 heterocycles. The Morgan fingerprint density at radius 2 is 2.00 bits per heavy atom. The molecule has 0 spiro atoms. The minimum atomic E-state index is 0.382. The Labute approximate surface area is 110 Å². The first-order valence-corrected chi connectivity index (χ1v) is 6.03. The second-order valence-corrected chi connectivity index (χ2v) is 4.14. The number of benzene rings is 1. The summed E-state index contributed by atoms with van der Waals surface area (Å²) in [5, 5.41) is 1.06. The zero-order valence-electron chi connectivity index (χ0n) is 10.3. The Morgan fingerprint density at radius 3 is 2.79 bits per heavy atom. The zero-order valence-corrected chi connectivity index (χ0v) is 10.3. The summed E-state index contributed by atoms with van der Waals surface area (Å²) in [6.07, 6.45) is 3.35. The normalized spacial score (nSPS) is 10.6. The second kappa shape index (κ2) is 5.04. The molecular weight excluding hydrogens is 238 g/mol. The Morgan fingerprint density at radius 1 is 1.11 bits per heavy atom. The smallest absolute Gasteiger partial charge is 0.224 e. The van der Waals surface area contributed by atoms with Gasteiger partial charge in [-0.2, -0.15) is 0 Å². The van der Waals surface area contributed by atoms with E-state index in [4.69, 9.17) is 10.5 Å². The van der Waals surface area contributed by atoms with Crippen molar-refractivity contribution in [1.29, 1.82) is 0 Å². The maximum Gasteiger partial charge on any atom is 0.224 e. The molecular formula is C15H13N3O. The third kappa shape index (κ3) is 2.39. The molecule has 0 bridgehead atoms. The van der Waals surface area contributed by atoms with Crippen molar-refractivity contribution in [2.75, 3.05) is 0 Å². The largest absolute Gasteiger partial charge is 0.437 e. The van der Waals surface area contributed by atoms with Crippen molar-refractivity contribution in [2.45, 2.75) is 6.54 Å². The molecule has 1 aromatic carbocycles. The van der Waals surface area contributed by atoms with Crippen LogP contribution in [0.1, 0.15) is 5.56 Å². The van der Waals surface area contributed by atoms with Crippen molar-refractivity contribution in [3.63, 3.8) is 0 Å². The third-order valence-corrected chi connectivity index (χ3v) is 2.83. The first-order valence-electron chi connectivity index (χ1n) is 6.03. The van der Waals surface area contributed by atoms with E-state index in [9.17, 15) is 0 Å². The Bertz CT molecular complexity index is 698. The summed E-state index contributed by atoms with van der Waals surface area (Å²) in [6.45, 7) is 0.382. The van der Waals surface area contributed by atoms with Crippen LogP contribution in [0, 0.1) is 0 Å². The SMILES string of the molecule is NCc1cc2ccccc2nc1Oc1cccnc1. The van der Waals surface area contributed by atoms with Gasteiger partial charge in [-0.3, -0.25) is 4.98 Å². The Kier molecular flexibility index (Phi) is 3.08. The van der Waals surface area contributed by atoms with Crippen molar-refractivity contribution in [1.82, 2.24) is 9.97 Å². The van der Waals surface area contributed by atoms with Gasteiger partial charge in [0.05, 0.1) is 11.7 Å². The molecule has 0 aliphatic heterocycles. The molecule has 4 heteroatoms. The lowest BCUT2D eigenvalue weighted by Crippen LogP contribution is -2.01. The summed E-state index contributed by atoms with van der Waals surface area (Å²) in [7, 11) is 0. The number of aromatic nitrogens is 2. The molecule has 3 aromatic rings. The average Bonchev–Trinajstić information content (AvgIpc) is 2.47. The van der Waals surface area contributed by atoms with Gasteiger partial charge in [-0.25, -0.2) is 4.98 Å². The molecule has 0 aliphatic carbocycles. The molecule has 0 fully saturated rings. The van der Waals surface area contributed by atoms with Gasteiger partial charge < -0.3 is 10.5 Å². The van der Waals surface area contributed by atoms with E-state index in [1.807, 2.05) is 42.5 Å². The van der Waals surface area contributed by atoms with Gasteiger partial charge in [0.25, 0.3) is 0 Å². The summed E-state index contributed by atoms with van der Waals surface area (Å²) in [4.78, 5) is 8.53. The van der Waals surface area contributed by atoms with Crippen LogP contribution in [-0.2, 0) is 6.54 Å². The highest BCUT2D eigenvalue weighted by Gasteiger charge is 2.08. The van der Waals surface area contributed by atoms with Crippen LogP contribution in [0.25, 0.3) is 10.9 Å². The number of ether oxygens (including phenoxy) is 1. The molecule has 0 saturated heterocycles. The van der Waals surface area contributed by atoms with Crippen LogP contribution in [0.4, 0.5) is 0 Å². The average molecular weight is 251 g/mol. The van der Waals surface area contributed by atoms with Crippen molar-refractivity contribution in [3.8, 4) is 11.6 Å². The number of pyridine rings is 2. The first-order chi connectivity index (χ1) is 9.36. The van der Waals surface area contributed by atoms with Crippen LogP contribution in [0.3, 0.4) is 0 Å². The van der Waals surface area contributed by atoms with Crippen molar-refractivity contribution in [3.05, 3.63) is 60.4 Å². The number of fused-ring (bicyclic) bond motifs is 1. The minimum absolute atomic E-state index is 0.382. The highest BCUT2D eigenvalue weighted by atomic mass is 16.5. The number of nitrogens with zero attached hydrogens (tertiary/aromatic N) is 2. The number of para-hydroxylation sites is 1. The summed E-state index contributed by atoms with van der Waals surface area (Å²) < 4.78 is 5.75. The fourth-order valence-electron chi connectivity index (χ4n) is 1.90. The van der Waals surface area contributed by atoms with Crippen molar-refractivity contribution in [2.24, 2.45) is 5.73 Å². The summed E-state index contributed by atoms with van der Waals surface area (Å²) >= 11 is 0. The molecule has 19 heavy (non-hydrogen) atoms. The quantitative estimate of drug-likeness (QED) is 0.777. The van der Waals surface area contributed by atoms with Gasteiger partial charge in [0.15, 0.2) is 0 Å². The van der Waals surface area contributed by atoms with Gasteiger partial charge in [-0.1, -0.05) is 18.2 Å². The fraction of sp³-hybridized carbons (Fsp3) is 0.0667. The van der Waals surface area contributed by atoms with E-state index in [1.165, 1.54) is 0 Å². The van der Waals surface area contributed by atoms with Gasteiger partial charge in [-0.15, -0.1) is 0 Å². The zero-order chi connectivity index (χ0) is 13.1. The minimum Gasteiger partial charge on any atom is -0.437 e. The Hall–Kier alpha value is -2.46. The fourth-order valence-corrected chi connectivity index (χ4v) is 1.90. The molecule has 2 N–H and O–H groups in total.